The molecule has 194 valence electrons. The topological polar surface area (TPSA) is 32.8 Å². The molecule has 5 heteroatoms. The maximum absolute atomic E-state index is 15.1. The third kappa shape index (κ3) is 5.83. The molecule has 5 rings (SSSR count). The summed E-state index contributed by atoms with van der Waals surface area (Å²) in [4.78, 5) is 0. The van der Waals surface area contributed by atoms with Crippen LogP contribution in [0.1, 0.15) is 79.7 Å². The summed E-state index contributed by atoms with van der Waals surface area (Å²) in [6.07, 6.45) is 8.16. The van der Waals surface area contributed by atoms with Gasteiger partial charge in [-0.05, 0) is 72.3 Å². The van der Waals surface area contributed by atoms with Gasteiger partial charge in [0.25, 0.3) is 0 Å². The normalized spacial score (nSPS) is 22.4. The summed E-state index contributed by atoms with van der Waals surface area (Å²) in [6.45, 7) is 2.70. The summed E-state index contributed by atoms with van der Waals surface area (Å²) in [7, 11) is 0. The predicted molar refractivity (Wildman–Crippen MR) is 141 cm³/mol. The SMILES string of the molecule is CCCC(O)C1CCC(c2ccc(-c3ccc(/C=C/c4ccc(C5CO5)cc4F)cc3)c(F)c2F)CC1. The van der Waals surface area contributed by atoms with E-state index in [1.807, 2.05) is 18.2 Å². The third-order valence-electron chi connectivity index (χ3n) is 7.86. The molecule has 0 radical (unpaired) electrons. The molecule has 1 saturated carbocycles. The van der Waals surface area contributed by atoms with Gasteiger partial charge in [0.1, 0.15) is 11.9 Å². The van der Waals surface area contributed by atoms with Gasteiger partial charge in [-0.1, -0.05) is 74.0 Å². The summed E-state index contributed by atoms with van der Waals surface area (Å²) in [5.74, 6) is -1.66. The molecule has 1 aliphatic carbocycles. The van der Waals surface area contributed by atoms with Gasteiger partial charge in [-0.3, -0.25) is 0 Å². The molecule has 2 aliphatic rings. The first-order valence-corrected chi connectivity index (χ1v) is 13.3. The molecule has 0 aromatic heterocycles. The van der Waals surface area contributed by atoms with Crippen LogP contribution in [0.5, 0.6) is 0 Å². The van der Waals surface area contributed by atoms with E-state index in [1.165, 1.54) is 6.07 Å². The summed E-state index contributed by atoms with van der Waals surface area (Å²) in [5.41, 5.74) is 3.41. The van der Waals surface area contributed by atoms with E-state index in [4.69, 9.17) is 4.74 Å². The number of hydrogen-bond acceptors (Lipinski definition) is 2. The van der Waals surface area contributed by atoms with Crippen molar-refractivity contribution in [2.45, 2.75) is 63.6 Å². The average molecular weight is 507 g/mol. The number of halogens is 3. The van der Waals surface area contributed by atoms with E-state index < -0.39 is 11.6 Å². The monoisotopic (exact) mass is 506 g/mol. The van der Waals surface area contributed by atoms with Crippen LogP contribution < -0.4 is 0 Å². The molecule has 2 atom stereocenters. The van der Waals surface area contributed by atoms with Gasteiger partial charge in [0.05, 0.1) is 12.7 Å². The predicted octanol–water partition coefficient (Wildman–Crippen LogP) is 8.45. The number of aliphatic hydroxyl groups excluding tert-OH is 1. The molecule has 3 aromatic rings. The second-order valence-electron chi connectivity index (χ2n) is 10.4. The Bertz CT molecular complexity index is 1260. The van der Waals surface area contributed by atoms with Gasteiger partial charge in [-0.15, -0.1) is 0 Å². The lowest BCUT2D eigenvalue weighted by atomic mass is 9.75. The zero-order valence-electron chi connectivity index (χ0n) is 21.1. The highest BCUT2D eigenvalue weighted by Crippen LogP contribution is 2.40. The van der Waals surface area contributed by atoms with Crippen molar-refractivity contribution in [2.24, 2.45) is 5.92 Å². The van der Waals surface area contributed by atoms with Crippen molar-refractivity contribution in [1.29, 1.82) is 0 Å². The summed E-state index contributed by atoms with van der Waals surface area (Å²) in [5, 5.41) is 10.3. The first-order chi connectivity index (χ1) is 17.9. The molecule has 2 fully saturated rings. The Morgan fingerprint density at radius 3 is 2.30 bits per heavy atom. The lowest BCUT2D eigenvalue weighted by molar-refractivity contribution is 0.0727. The number of epoxide rings is 1. The Kier molecular flexibility index (Phi) is 7.82. The highest BCUT2D eigenvalue weighted by atomic mass is 19.2. The van der Waals surface area contributed by atoms with Crippen molar-refractivity contribution < 1.29 is 23.0 Å². The van der Waals surface area contributed by atoms with E-state index in [-0.39, 0.29) is 35.4 Å². The Balaban J connectivity index is 1.26. The number of hydrogen-bond donors (Lipinski definition) is 1. The van der Waals surface area contributed by atoms with Crippen LogP contribution in [-0.4, -0.2) is 17.8 Å². The molecular formula is C32H33F3O2. The van der Waals surface area contributed by atoms with Crippen molar-refractivity contribution in [3.8, 4) is 11.1 Å². The molecular weight excluding hydrogens is 473 g/mol. The smallest absolute Gasteiger partial charge is 0.166 e. The molecule has 0 spiro atoms. The van der Waals surface area contributed by atoms with E-state index in [2.05, 4.69) is 6.92 Å². The van der Waals surface area contributed by atoms with Crippen LogP contribution in [0, 0.1) is 23.4 Å². The lowest BCUT2D eigenvalue weighted by Crippen LogP contribution is -2.25. The molecule has 0 bridgehead atoms. The van der Waals surface area contributed by atoms with Gasteiger partial charge >= 0.3 is 0 Å². The van der Waals surface area contributed by atoms with Gasteiger partial charge in [0.2, 0.25) is 0 Å². The second kappa shape index (κ2) is 11.2. The van der Waals surface area contributed by atoms with Crippen LogP contribution in [0.2, 0.25) is 0 Å². The fourth-order valence-electron chi connectivity index (χ4n) is 5.53. The minimum atomic E-state index is -0.823. The average Bonchev–Trinajstić information content (AvgIpc) is 3.76. The maximum Gasteiger partial charge on any atom is 0.166 e. The van der Waals surface area contributed by atoms with Gasteiger partial charge in [0, 0.05) is 11.1 Å². The maximum atomic E-state index is 15.1. The lowest BCUT2D eigenvalue weighted by Gasteiger charge is -2.32. The first-order valence-electron chi connectivity index (χ1n) is 13.3. The van der Waals surface area contributed by atoms with E-state index in [0.29, 0.717) is 23.3 Å². The van der Waals surface area contributed by atoms with Crippen molar-refractivity contribution in [2.75, 3.05) is 6.61 Å². The standard InChI is InChI=1S/C32H33F3O2/c1-2-3-29(36)24-13-10-22(11-14-24)27-17-16-26(31(34)32(27)35)21-7-4-20(5-8-21)6-9-23-12-15-25(18-28(23)33)30-19-37-30/h4-9,12,15-18,22,24,29-30,36H,2-3,10-11,13-14,19H2,1H3/b9-6+. The van der Waals surface area contributed by atoms with E-state index in [1.54, 1.807) is 42.5 Å². The Morgan fingerprint density at radius 2 is 1.65 bits per heavy atom. The highest BCUT2D eigenvalue weighted by molar-refractivity contribution is 5.72. The third-order valence-corrected chi connectivity index (χ3v) is 7.86. The van der Waals surface area contributed by atoms with Gasteiger partial charge < -0.3 is 9.84 Å². The quantitative estimate of drug-likeness (QED) is 0.246. The van der Waals surface area contributed by atoms with Crippen LogP contribution in [0.25, 0.3) is 23.3 Å². The van der Waals surface area contributed by atoms with Crippen molar-refractivity contribution in [1.82, 2.24) is 0 Å². The molecule has 1 aliphatic heterocycles. The molecule has 37 heavy (non-hydrogen) atoms. The van der Waals surface area contributed by atoms with Crippen LogP contribution in [0.15, 0.2) is 54.6 Å². The number of benzene rings is 3. The van der Waals surface area contributed by atoms with Gasteiger partial charge in [-0.25, -0.2) is 13.2 Å². The molecule has 3 aromatic carbocycles. The van der Waals surface area contributed by atoms with Crippen LogP contribution >= 0.6 is 0 Å². The first kappa shape index (κ1) is 25.7. The Hall–Kier alpha value is -2.89. The summed E-state index contributed by atoms with van der Waals surface area (Å²) < 4.78 is 49.8. The van der Waals surface area contributed by atoms with Crippen molar-refractivity contribution in [3.05, 3.63) is 94.3 Å². The number of ether oxygens (including phenoxy) is 1. The molecule has 1 N–H and O–H groups in total. The minimum Gasteiger partial charge on any atom is -0.393 e. The Labute approximate surface area is 216 Å². The van der Waals surface area contributed by atoms with Gasteiger partial charge in [0.15, 0.2) is 11.6 Å². The molecule has 0 amide bonds. The van der Waals surface area contributed by atoms with Crippen LogP contribution in [0.3, 0.4) is 0 Å². The van der Waals surface area contributed by atoms with Gasteiger partial charge in [-0.2, -0.15) is 0 Å². The van der Waals surface area contributed by atoms with E-state index >= 15 is 8.78 Å². The molecule has 1 saturated heterocycles. The summed E-state index contributed by atoms with van der Waals surface area (Å²) >= 11 is 0. The number of rotatable bonds is 8. The Morgan fingerprint density at radius 1 is 0.919 bits per heavy atom. The highest BCUT2D eigenvalue weighted by Gasteiger charge is 2.29. The summed E-state index contributed by atoms with van der Waals surface area (Å²) in [6, 6.07) is 15.6. The fourth-order valence-corrected chi connectivity index (χ4v) is 5.53. The van der Waals surface area contributed by atoms with Crippen LogP contribution in [-0.2, 0) is 4.74 Å². The second-order valence-corrected chi connectivity index (χ2v) is 10.4. The van der Waals surface area contributed by atoms with E-state index in [0.717, 1.165) is 49.7 Å². The van der Waals surface area contributed by atoms with Crippen molar-refractivity contribution >= 4 is 12.2 Å². The molecule has 1 heterocycles. The van der Waals surface area contributed by atoms with Crippen molar-refractivity contribution in [3.63, 3.8) is 0 Å². The largest absolute Gasteiger partial charge is 0.393 e. The fraction of sp³-hybridized carbons (Fsp3) is 0.375. The minimum absolute atomic E-state index is 0.0129. The molecule has 2 nitrogen and oxygen atoms in total. The van der Waals surface area contributed by atoms with Crippen LogP contribution in [0.4, 0.5) is 13.2 Å². The zero-order valence-corrected chi connectivity index (χ0v) is 21.1. The number of aliphatic hydroxyl groups is 1. The molecule has 2 unspecified atom stereocenters. The van der Waals surface area contributed by atoms with E-state index in [9.17, 15) is 9.50 Å². The zero-order chi connectivity index (χ0) is 25.9.